The van der Waals surface area contributed by atoms with Gasteiger partial charge in [-0.05, 0) is 31.3 Å². The van der Waals surface area contributed by atoms with Gasteiger partial charge < -0.3 is 9.47 Å². The molecule has 2 heteroatoms. The Hall–Kier alpha value is -0.500. The summed E-state index contributed by atoms with van der Waals surface area (Å²) in [6.07, 6.45) is 7.18. The lowest BCUT2D eigenvalue weighted by molar-refractivity contribution is -0.0580. The SMILES string of the molecule is C(OCC1COC1)=C1CCCC1. The van der Waals surface area contributed by atoms with Crippen LogP contribution in [0, 0.1) is 5.92 Å². The monoisotopic (exact) mass is 168 g/mol. The van der Waals surface area contributed by atoms with E-state index < -0.39 is 0 Å². The van der Waals surface area contributed by atoms with Gasteiger partial charge in [-0.2, -0.15) is 0 Å². The summed E-state index contributed by atoms with van der Waals surface area (Å²) in [6.45, 7) is 2.63. The van der Waals surface area contributed by atoms with Crippen molar-refractivity contribution in [1.82, 2.24) is 0 Å². The number of rotatable bonds is 3. The molecule has 1 saturated carbocycles. The third-order valence-corrected chi connectivity index (χ3v) is 2.53. The lowest BCUT2D eigenvalue weighted by Gasteiger charge is -2.24. The number of ether oxygens (including phenoxy) is 2. The van der Waals surface area contributed by atoms with Crippen molar-refractivity contribution in [2.24, 2.45) is 5.92 Å². The van der Waals surface area contributed by atoms with Crippen LogP contribution in [0.15, 0.2) is 11.8 Å². The Bertz CT molecular complexity index is 163. The Kier molecular flexibility index (Phi) is 2.67. The van der Waals surface area contributed by atoms with E-state index >= 15 is 0 Å². The number of allylic oxidation sites excluding steroid dienone is 1. The van der Waals surface area contributed by atoms with Gasteiger partial charge in [-0.15, -0.1) is 0 Å². The van der Waals surface area contributed by atoms with E-state index in [2.05, 4.69) is 0 Å². The molecule has 0 spiro atoms. The normalized spacial score (nSPS) is 23.8. The minimum Gasteiger partial charge on any atom is -0.501 e. The van der Waals surface area contributed by atoms with Crippen molar-refractivity contribution in [1.29, 1.82) is 0 Å². The molecule has 2 fully saturated rings. The summed E-state index contributed by atoms with van der Waals surface area (Å²) in [7, 11) is 0. The van der Waals surface area contributed by atoms with Gasteiger partial charge in [0.05, 0.1) is 26.1 Å². The van der Waals surface area contributed by atoms with Crippen LogP contribution in [0.1, 0.15) is 25.7 Å². The highest BCUT2D eigenvalue weighted by Gasteiger charge is 2.18. The first-order valence-corrected chi connectivity index (χ1v) is 4.82. The fourth-order valence-corrected chi connectivity index (χ4v) is 1.63. The van der Waals surface area contributed by atoms with E-state index in [0.717, 1.165) is 19.8 Å². The summed E-state index contributed by atoms with van der Waals surface area (Å²) in [6, 6.07) is 0. The molecule has 0 unspecified atom stereocenters. The topological polar surface area (TPSA) is 18.5 Å². The van der Waals surface area contributed by atoms with E-state index in [1.165, 1.54) is 31.3 Å². The Morgan fingerprint density at radius 3 is 2.67 bits per heavy atom. The van der Waals surface area contributed by atoms with Crippen LogP contribution in [-0.4, -0.2) is 19.8 Å². The molecule has 0 bridgehead atoms. The molecule has 0 amide bonds. The smallest absolute Gasteiger partial charge is 0.0945 e. The predicted molar refractivity (Wildman–Crippen MR) is 46.8 cm³/mol. The van der Waals surface area contributed by atoms with Gasteiger partial charge in [0.25, 0.3) is 0 Å². The van der Waals surface area contributed by atoms with Gasteiger partial charge in [0.2, 0.25) is 0 Å². The van der Waals surface area contributed by atoms with E-state index in [0.29, 0.717) is 5.92 Å². The fourth-order valence-electron chi connectivity index (χ4n) is 1.63. The summed E-state index contributed by atoms with van der Waals surface area (Å²) in [5.41, 5.74) is 1.50. The number of hydrogen-bond acceptors (Lipinski definition) is 2. The first-order valence-electron chi connectivity index (χ1n) is 4.82. The zero-order chi connectivity index (χ0) is 8.23. The molecule has 2 nitrogen and oxygen atoms in total. The first-order chi connectivity index (χ1) is 5.95. The van der Waals surface area contributed by atoms with Crippen LogP contribution in [0.5, 0.6) is 0 Å². The second kappa shape index (κ2) is 3.94. The van der Waals surface area contributed by atoms with Gasteiger partial charge in [0.15, 0.2) is 0 Å². The Balaban J connectivity index is 1.62. The van der Waals surface area contributed by atoms with E-state index in [9.17, 15) is 0 Å². The second-order valence-corrected chi connectivity index (χ2v) is 3.72. The van der Waals surface area contributed by atoms with Crippen molar-refractivity contribution >= 4 is 0 Å². The van der Waals surface area contributed by atoms with Crippen molar-refractivity contribution < 1.29 is 9.47 Å². The first kappa shape index (κ1) is 8.11. The molecule has 0 radical (unpaired) electrons. The third kappa shape index (κ3) is 2.01. The highest BCUT2D eigenvalue weighted by Crippen LogP contribution is 2.23. The maximum atomic E-state index is 5.48. The van der Waals surface area contributed by atoms with Gasteiger partial charge in [0, 0.05) is 5.92 Å². The van der Waals surface area contributed by atoms with Crippen LogP contribution in [-0.2, 0) is 9.47 Å². The van der Waals surface area contributed by atoms with Gasteiger partial charge in [-0.25, -0.2) is 0 Å². The van der Waals surface area contributed by atoms with Crippen LogP contribution in [0.4, 0.5) is 0 Å². The molecule has 0 aromatic carbocycles. The summed E-state index contributed by atoms with van der Waals surface area (Å²) in [5.74, 6) is 0.656. The van der Waals surface area contributed by atoms with Crippen molar-refractivity contribution in [3.8, 4) is 0 Å². The van der Waals surface area contributed by atoms with Gasteiger partial charge in [-0.1, -0.05) is 0 Å². The van der Waals surface area contributed by atoms with E-state index in [-0.39, 0.29) is 0 Å². The highest BCUT2D eigenvalue weighted by atomic mass is 16.5. The Labute approximate surface area is 73.5 Å². The van der Waals surface area contributed by atoms with Crippen LogP contribution in [0.2, 0.25) is 0 Å². The van der Waals surface area contributed by atoms with Gasteiger partial charge >= 0.3 is 0 Å². The average molecular weight is 168 g/mol. The fraction of sp³-hybridized carbons (Fsp3) is 0.800. The summed E-state index contributed by atoms with van der Waals surface area (Å²) in [4.78, 5) is 0. The molecule has 1 aliphatic carbocycles. The zero-order valence-electron chi connectivity index (χ0n) is 7.42. The van der Waals surface area contributed by atoms with Crippen molar-refractivity contribution in [2.75, 3.05) is 19.8 Å². The maximum Gasteiger partial charge on any atom is 0.0945 e. The molecular formula is C10H16O2. The van der Waals surface area contributed by atoms with Gasteiger partial charge in [-0.3, -0.25) is 0 Å². The van der Waals surface area contributed by atoms with Crippen LogP contribution in [0.3, 0.4) is 0 Å². The molecule has 0 atom stereocenters. The largest absolute Gasteiger partial charge is 0.501 e. The molecule has 2 aliphatic rings. The number of hydrogen-bond donors (Lipinski definition) is 0. The van der Waals surface area contributed by atoms with Gasteiger partial charge in [0.1, 0.15) is 0 Å². The van der Waals surface area contributed by atoms with Crippen LogP contribution in [0.25, 0.3) is 0 Å². The summed E-state index contributed by atoms with van der Waals surface area (Å²) < 4.78 is 10.5. The minimum atomic E-state index is 0.656. The zero-order valence-corrected chi connectivity index (χ0v) is 7.42. The Morgan fingerprint density at radius 2 is 2.08 bits per heavy atom. The van der Waals surface area contributed by atoms with E-state index in [4.69, 9.17) is 9.47 Å². The maximum absolute atomic E-state index is 5.48. The average Bonchev–Trinajstić information content (AvgIpc) is 2.46. The molecule has 68 valence electrons. The Morgan fingerprint density at radius 1 is 1.33 bits per heavy atom. The molecular weight excluding hydrogens is 152 g/mol. The van der Waals surface area contributed by atoms with Crippen molar-refractivity contribution in [3.63, 3.8) is 0 Å². The molecule has 12 heavy (non-hydrogen) atoms. The molecule has 0 aromatic heterocycles. The lowest BCUT2D eigenvalue weighted by Crippen LogP contribution is -2.30. The summed E-state index contributed by atoms with van der Waals surface area (Å²) >= 11 is 0. The molecule has 1 aliphatic heterocycles. The molecule has 0 N–H and O–H groups in total. The minimum absolute atomic E-state index is 0.656. The molecule has 0 aromatic rings. The summed E-state index contributed by atoms with van der Waals surface area (Å²) in [5, 5.41) is 0. The second-order valence-electron chi connectivity index (χ2n) is 3.72. The quantitative estimate of drug-likeness (QED) is 0.601. The standard InChI is InChI=1S/C10H16O2/c1-2-4-9(3-1)5-11-6-10-7-12-8-10/h5,10H,1-4,6-8H2. The lowest BCUT2D eigenvalue weighted by atomic mass is 10.1. The predicted octanol–water partition coefficient (Wildman–Crippen LogP) is 2.11. The highest BCUT2D eigenvalue weighted by molar-refractivity contribution is 5.02. The molecule has 1 heterocycles. The van der Waals surface area contributed by atoms with E-state index in [1.807, 2.05) is 6.26 Å². The van der Waals surface area contributed by atoms with E-state index in [1.54, 1.807) is 0 Å². The molecule has 2 rings (SSSR count). The molecule has 1 saturated heterocycles. The van der Waals surface area contributed by atoms with Crippen molar-refractivity contribution in [3.05, 3.63) is 11.8 Å². The van der Waals surface area contributed by atoms with Crippen molar-refractivity contribution in [2.45, 2.75) is 25.7 Å². The third-order valence-electron chi connectivity index (χ3n) is 2.53. The van der Waals surface area contributed by atoms with Crippen LogP contribution < -0.4 is 0 Å². The van der Waals surface area contributed by atoms with Crippen LogP contribution >= 0.6 is 0 Å².